The molecule has 5 fully saturated rings. The smallest absolute Gasteiger partial charge is 0.328 e. The summed E-state index contributed by atoms with van der Waals surface area (Å²) in [7, 11) is 2.69. The van der Waals surface area contributed by atoms with Crippen LogP contribution in [0.1, 0.15) is 108 Å². The average molecular weight is 813 g/mol. The van der Waals surface area contributed by atoms with Gasteiger partial charge in [0.15, 0.2) is 0 Å². The van der Waals surface area contributed by atoms with Crippen LogP contribution < -0.4 is 10.6 Å². The highest BCUT2D eigenvalue weighted by atomic mass is 32.2. The predicted molar refractivity (Wildman–Crippen MR) is 216 cm³/mol. The molecule has 4 saturated heterocycles. The van der Waals surface area contributed by atoms with E-state index >= 15 is 0 Å². The van der Waals surface area contributed by atoms with Crippen molar-refractivity contribution in [3.8, 4) is 0 Å². The summed E-state index contributed by atoms with van der Waals surface area (Å²) in [6.45, 7) is 0. The molecule has 0 spiro atoms. The minimum Gasteiger partial charge on any atom is -0.467 e. The summed E-state index contributed by atoms with van der Waals surface area (Å²) in [5.41, 5.74) is 0.989. The number of ether oxygens (including phenoxy) is 2. The molecule has 0 radical (unpaired) electrons. The first kappa shape index (κ1) is 42.3. The molecule has 1 aromatic rings. The van der Waals surface area contributed by atoms with Gasteiger partial charge in [-0.1, -0.05) is 62.4 Å². The van der Waals surface area contributed by atoms with E-state index in [1.807, 2.05) is 30.3 Å². The van der Waals surface area contributed by atoms with Gasteiger partial charge in [-0.15, -0.1) is 23.5 Å². The van der Waals surface area contributed by atoms with Gasteiger partial charge in [0, 0.05) is 11.8 Å². The summed E-state index contributed by atoms with van der Waals surface area (Å²) >= 11 is 3.32. The third-order valence-corrected chi connectivity index (χ3v) is 15.2. The molecule has 4 heterocycles. The normalized spacial score (nSPS) is 28.4. The van der Waals surface area contributed by atoms with Gasteiger partial charge in [-0.3, -0.25) is 19.2 Å². The van der Waals surface area contributed by atoms with Gasteiger partial charge in [-0.05, 0) is 100 Å². The Labute approximate surface area is 340 Å². The first-order valence-electron chi connectivity index (χ1n) is 20.9. The molecule has 12 nitrogen and oxygen atoms in total. The molecule has 1 aliphatic carbocycles. The molecule has 308 valence electrons. The number of rotatable bonds is 13. The van der Waals surface area contributed by atoms with Crippen molar-refractivity contribution in [1.29, 1.82) is 0 Å². The molecule has 2 N–H and O–H groups in total. The third-order valence-electron chi connectivity index (χ3n) is 12.5. The molecule has 1 saturated carbocycles. The van der Waals surface area contributed by atoms with Gasteiger partial charge in [-0.25, -0.2) is 9.59 Å². The number of amides is 4. The zero-order valence-electron chi connectivity index (χ0n) is 33.0. The number of nitrogens with one attached hydrogen (secondary N) is 2. The lowest BCUT2D eigenvalue weighted by atomic mass is 9.79. The Kier molecular flexibility index (Phi) is 15.5. The van der Waals surface area contributed by atoms with Crippen molar-refractivity contribution in [3.63, 3.8) is 0 Å². The number of fused-ring (bicyclic) bond motifs is 2. The zero-order valence-corrected chi connectivity index (χ0v) is 34.6. The van der Waals surface area contributed by atoms with Crippen molar-refractivity contribution in [2.24, 2.45) is 17.8 Å². The summed E-state index contributed by atoms with van der Waals surface area (Å²) in [5, 5.41) is 6.00. The minimum atomic E-state index is -0.767. The van der Waals surface area contributed by atoms with Crippen LogP contribution in [0.2, 0.25) is 0 Å². The number of carbonyl (C=O) groups excluding carboxylic acids is 6. The number of piperidine rings is 2. The lowest BCUT2D eigenvalue weighted by Crippen LogP contribution is -2.58. The van der Waals surface area contributed by atoms with E-state index in [0.717, 1.165) is 56.9 Å². The van der Waals surface area contributed by atoms with E-state index in [4.69, 9.17) is 9.47 Å². The van der Waals surface area contributed by atoms with Crippen molar-refractivity contribution < 1.29 is 38.2 Å². The maximum absolute atomic E-state index is 14.4. The Bertz CT molecular complexity index is 1540. The molecule has 8 atom stereocenters. The SMILES string of the molecule is COC(=O)[C@@H]1CCCC2SCC[C@H](NC(=O)[C@H](CC[C@H](Cc3ccccc3)C(=O)N[C@H]3CCS[C@H]4CCC[C@@H](C(=O)OC)N4C3=O)CC3CCCCC3)C(=O)N21. The summed E-state index contributed by atoms with van der Waals surface area (Å²) in [6.07, 6.45) is 12.8. The minimum absolute atomic E-state index is 0.122. The van der Waals surface area contributed by atoms with Crippen molar-refractivity contribution in [2.75, 3.05) is 25.7 Å². The number of carbonyl (C=O) groups is 6. The lowest BCUT2D eigenvalue weighted by molar-refractivity contribution is -0.156. The molecular formula is C42H60N4O8S2. The third kappa shape index (κ3) is 10.4. The average Bonchev–Trinajstić information content (AvgIpc) is 3.48. The molecule has 6 rings (SSSR count). The molecule has 1 aromatic carbocycles. The number of thioether (sulfide) groups is 2. The highest BCUT2D eigenvalue weighted by Gasteiger charge is 2.45. The summed E-state index contributed by atoms with van der Waals surface area (Å²) in [5.74, 6) is -0.896. The van der Waals surface area contributed by atoms with Crippen molar-refractivity contribution in [1.82, 2.24) is 20.4 Å². The zero-order chi connectivity index (χ0) is 39.6. The van der Waals surface area contributed by atoms with Crippen LogP contribution in [0.5, 0.6) is 0 Å². The summed E-state index contributed by atoms with van der Waals surface area (Å²) in [4.78, 5) is 85.8. The van der Waals surface area contributed by atoms with Crippen LogP contribution in [0.15, 0.2) is 30.3 Å². The van der Waals surface area contributed by atoms with Gasteiger partial charge in [0.2, 0.25) is 23.6 Å². The number of nitrogens with zero attached hydrogens (tertiary/aromatic N) is 2. The van der Waals surface area contributed by atoms with Gasteiger partial charge in [0.25, 0.3) is 0 Å². The molecule has 56 heavy (non-hydrogen) atoms. The second-order valence-corrected chi connectivity index (χ2v) is 18.8. The van der Waals surface area contributed by atoms with E-state index < -0.39 is 47.9 Å². The molecular weight excluding hydrogens is 753 g/mol. The fourth-order valence-corrected chi connectivity index (χ4v) is 12.3. The second kappa shape index (κ2) is 20.4. The van der Waals surface area contributed by atoms with E-state index in [-0.39, 0.29) is 34.4 Å². The molecule has 4 aliphatic heterocycles. The standard InChI is InChI=1S/C42H60N4O8S2/c1-53-41(51)33-15-9-17-35-45(33)39(49)31(21-23-55-35)43-37(47)29(25-27-11-5-3-6-12-27)19-20-30(26-28-13-7-4-8-14-28)38(48)44-32-22-24-56-36-18-10-16-34(42(52)54-2)46(36)40(32)50/h3,5-6,11-12,28-36H,4,7-10,13-26H2,1-2H3,(H,43,47)(H,44,48)/t29-,30-,31+,32+,33+,34+,35+,36?/m1/s1. The quantitative estimate of drug-likeness (QED) is 0.254. The van der Waals surface area contributed by atoms with Gasteiger partial charge >= 0.3 is 11.9 Å². The van der Waals surface area contributed by atoms with E-state index in [1.165, 1.54) is 20.6 Å². The highest BCUT2D eigenvalue weighted by molar-refractivity contribution is 8.00. The van der Waals surface area contributed by atoms with Crippen molar-refractivity contribution in [3.05, 3.63) is 35.9 Å². The number of hydrogen-bond acceptors (Lipinski definition) is 10. The second-order valence-electron chi connectivity index (χ2n) is 16.2. The van der Waals surface area contributed by atoms with E-state index in [1.54, 1.807) is 33.3 Å². The molecule has 5 aliphatic rings. The van der Waals surface area contributed by atoms with Gasteiger partial charge < -0.3 is 29.9 Å². The summed E-state index contributed by atoms with van der Waals surface area (Å²) in [6, 6.07) is 6.97. The van der Waals surface area contributed by atoms with Gasteiger partial charge in [-0.2, -0.15) is 0 Å². The molecule has 0 bridgehead atoms. The maximum atomic E-state index is 14.4. The Morgan fingerprint density at radius 2 is 1.16 bits per heavy atom. The first-order chi connectivity index (χ1) is 27.2. The van der Waals surface area contributed by atoms with Crippen LogP contribution in [0, 0.1) is 17.8 Å². The molecule has 1 unspecified atom stereocenters. The van der Waals surface area contributed by atoms with E-state index in [2.05, 4.69) is 10.6 Å². The van der Waals surface area contributed by atoms with Crippen LogP contribution in [-0.4, -0.2) is 106 Å². The van der Waals surface area contributed by atoms with E-state index in [9.17, 15) is 28.8 Å². The van der Waals surface area contributed by atoms with Crippen LogP contribution >= 0.6 is 23.5 Å². The van der Waals surface area contributed by atoms with E-state index in [0.29, 0.717) is 68.8 Å². The summed E-state index contributed by atoms with van der Waals surface area (Å²) < 4.78 is 10.2. The fourth-order valence-electron chi connectivity index (χ4n) is 9.49. The molecule has 14 heteroatoms. The Morgan fingerprint density at radius 1 is 0.661 bits per heavy atom. The first-order valence-corrected chi connectivity index (χ1v) is 23.0. The van der Waals surface area contributed by atoms with Crippen molar-refractivity contribution >= 4 is 59.1 Å². The number of methoxy groups -OCH3 is 2. The van der Waals surface area contributed by atoms with Crippen LogP contribution in [0.4, 0.5) is 0 Å². The van der Waals surface area contributed by atoms with Crippen molar-refractivity contribution in [2.45, 2.75) is 144 Å². The monoisotopic (exact) mass is 812 g/mol. The van der Waals surface area contributed by atoms with Crippen LogP contribution in [0.25, 0.3) is 0 Å². The highest BCUT2D eigenvalue weighted by Crippen LogP contribution is 2.37. The Balaban J connectivity index is 1.19. The number of benzene rings is 1. The van der Waals surface area contributed by atoms with Crippen LogP contribution in [-0.2, 0) is 44.7 Å². The topological polar surface area (TPSA) is 151 Å². The molecule has 4 amide bonds. The Morgan fingerprint density at radius 3 is 1.68 bits per heavy atom. The largest absolute Gasteiger partial charge is 0.467 e. The van der Waals surface area contributed by atoms with Gasteiger partial charge in [0.05, 0.1) is 25.0 Å². The number of hydrogen-bond donors (Lipinski definition) is 2. The molecule has 0 aromatic heterocycles. The maximum Gasteiger partial charge on any atom is 0.328 e. The predicted octanol–water partition coefficient (Wildman–Crippen LogP) is 5.22. The Hall–Kier alpha value is -3.26. The van der Waals surface area contributed by atoms with Gasteiger partial charge in [0.1, 0.15) is 24.2 Å². The van der Waals surface area contributed by atoms with Crippen LogP contribution in [0.3, 0.4) is 0 Å². The lowest BCUT2D eigenvalue weighted by Gasteiger charge is -2.40. The fraction of sp³-hybridized carbons (Fsp3) is 0.714. The number of esters is 2.